The van der Waals surface area contributed by atoms with Gasteiger partial charge in [0.15, 0.2) is 0 Å². The maximum absolute atomic E-state index is 13.8. The van der Waals surface area contributed by atoms with Gasteiger partial charge in [0.25, 0.3) is 5.91 Å². The van der Waals surface area contributed by atoms with Crippen molar-refractivity contribution in [2.45, 2.75) is 39.9 Å². The molecule has 0 saturated heterocycles. The molecule has 3 aromatic rings. The van der Waals surface area contributed by atoms with Crippen molar-refractivity contribution in [2.24, 2.45) is 0 Å². The van der Waals surface area contributed by atoms with Gasteiger partial charge in [-0.2, -0.15) is 0 Å². The Bertz CT molecular complexity index is 1070. The normalized spacial score (nSPS) is 13.4. The molecule has 5 nitrogen and oxygen atoms in total. The minimum atomic E-state index is -3.20. The molecule has 1 unspecified atom stereocenters. The highest BCUT2D eigenvalue weighted by Gasteiger charge is 2.28. The van der Waals surface area contributed by atoms with Crippen molar-refractivity contribution in [1.29, 1.82) is 0 Å². The second-order valence-electron chi connectivity index (χ2n) is 7.49. The quantitative estimate of drug-likeness (QED) is 0.476. The van der Waals surface area contributed by atoms with Gasteiger partial charge in [-0.15, -0.1) is 11.3 Å². The molecule has 154 valence electrons. The fourth-order valence-corrected chi connectivity index (χ4v) is 6.50. The molecule has 0 fully saturated rings. The van der Waals surface area contributed by atoms with Crippen LogP contribution in [-0.2, 0) is 10.7 Å². The summed E-state index contributed by atoms with van der Waals surface area (Å²) in [5.41, 5.74) is 2.82. The van der Waals surface area contributed by atoms with E-state index in [4.69, 9.17) is 4.52 Å². The average molecular weight is 431 g/mol. The smallest absolute Gasteiger partial charge is 0.321 e. The molecule has 0 aliphatic rings. The van der Waals surface area contributed by atoms with E-state index in [0.717, 1.165) is 26.8 Å². The Morgan fingerprint density at radius 2 is 1.83 bits per heavy atom. The molecule has 0 radical (unpaired) electrons. The summed E-state index contributed by atoms with van der Waals surface area (Å²) in [6, 6.07) is 13.7. The molecule has 1 heterocycles. The van der Waals surface area contributed by atoms with E-state index in [-0.39, 0.29) is 18.1 Å². The predicted molar refractivity (Wildman–Crippen MR) is 121 cm³/mol. The first-order valence-corrected chi connectivity index (χ1v) is 12.2. The number of rotatable bonds is 7. The number of thiophene rings is 1. The van der Waals surface area contributed by atoms with Crippen molar-refractivity contribution in [3.05, 3.63) is 64.0 Å². The van der Waals surface area contributed by atoms with Gasteiger partial charge in [-0.25, -0.2) is 5.09 Å². The fourth-order valence-electron chi connectivity index (χ4n) is 3.25. The van der Waals surface area contributed by atoms with E-state index in [1.807, 2.05) is 70.2 Å². The molecule has 1 amide bonds. The van der Waals surface area contributed by atoms with E-state index in [1.165, 1.54) is 11.3 Å². The number of hydrogen-bond acceptors (Lipinski definition) is 4. The minimum absolute atomic E-state index is 0.00916. The number of amides is 1. The van der Waals surface area contributed by atoms with Crippen molar-refractivity contribution in [3.8, 4) is 5.75 Å². The van der Waals surface area contributed by atoms with Gasteiger partial charge in [0, 0.05) is 17.8 Å². The first-order valence-electron chi connectivity index (χ1n) is 9.58. The first-order chi connectivity index (χ1) is 13.7. The van der Waals surface area contributed by atoms with Gasteiger partial charge < -0.3 is 9.84 Å². The molecule has 1 aromatic heterocycles. The van der Waals surface area contributed by atoms with Gasteiger partial charge >= 0.3 is 7.52 Å². The third-order valence-corrected chi connectivity index (χ3v) is 7.81. The standard InChI is InChI=1S/C22H27N2O3PS/c1-14(2)24-28(26,27-21-15(3)7-6-8-16(21)4)13-17-9-10-19-18(11-17)12-20(29-19)22(25)23-5/h6-12,14H,13H2,1-5H3,(H,23,25)(H,24,26). The number of carbonyl (C=O) groups excluding carboxylic acids is 1. The summed E-state index contributed by atoms with van der Waals surface area (Å²) in [6.45, 7) is 7.83. The van der Waals surface area contributed by atoms with Crippen LogP contribution in [0.25, 0.3) is 10.1 Å². The van der Waals surface area contributed by atoms with E-state index >= 15 is 0 Å². The molecule has 3 rings (SSSR count). The van der Waals surface area contributed by atoms with Crippen LogP contribution < -0.4 is 14.9 Å². The molecule has 0 aliphatic carbocycles. The summed E-state index contributed by atoms with van der Waals surface area (Å²) >= 11 is 1.45. The van der Waals surface area contributed by atoms with Crippen LogP contribution in [0.3, 0.4) is 0 Å². The van der Waals surface area contributed by atoms with Gasteiger partial charge in [0.05, 0.1) is 11.0 Å². The molecular weight excluding hydrogens is 403 g/mol. The Balaban J connectivity index is 1.93. The zero-order valence-electron chi connectivity index (χ0n) is 17.4. The third-order valence-electron chi connectivity index (χ3n) is 4.52. The molecular formula is C22H27N2O3PS. The second-order valence-corrected chi connectivity index (χ2v) is 10.7. The highest BCUT2D eigenvalue weighted by atomic mass is 32.1. The lowest BCUT2D eigenvalue weighted by molar-refractivity contribution is 0.0967. The van der Waals surface area contributed by atoms with Crippen molar-refractivity contribution in [3.63, 3.8) is 0 Å². The van der Waals surface area contributed by atoms with Gasteiger partial charge in [-0.3, -0.25) is 9.36 Å². The molecule has 7 heteroatoms. The Morgan fingerprint density at radius 3 is 2.45 bits per heavy atom. The van der Waals surface area contributed by atoms with E-state index in [9.17, 15) is 9.36 Å². The molecule has 1 atom stereocenters. The van der Waals surface area contributed by atoms with Crippen LogP contribution in [0.1, 0.15) is 40.2 Å². The van der Waals surface area contributed by atoms with Gasteiger partial charge in [0.1, 0.15) is 5.75 Å². The van der Waals surface area contributed by atoms with Crippen LogP contribution in [0, 0.1) is 13.8 Å². The number of carbonyl (C=O) groups is 1. The number of hydrogen-bond donors (Lipinski definition) is 2. The summed E-state index contributed by atoms with van der Waals surface area (Å²) in [4.78, 5) is 12.6. The lowest BCUT2D eigenvalue weighted by Gasteiger charge is -2.24. The second kappa shape index (κ2) is 8.70. The van der Waals surface area contributed by atoms with Crippen molar-refractivity contribution < 1.29 is 13.9 Å². The van der Waals surface area contributed by atoms with Crippen LogP contribution in [0.4, 0.5) is 0 Å². The minimum Gasteiger partial charge on any atom is -0.432 e. The largest absolute Gasteiger partial charge is 0.432 e. The van der Waals surface area contributed by atoms with Crippen LogP contribution in [0.15, 0.2) is 42.5 Å². The van der Waals surface area contributed by atoms with Gasteiger partial charge in [0.2, 0.25) is 0 Å². The Labute approximate surface area is 176 Å². The van der Waals surface area contributed by atoms with Crippen LogP contribution in [0.5, 0.6) is 5.75 Å². The number of fused-ring (bicyclic) bond motifs is 1. The average Bonchev–Trinajstić information content (AvgIpc) is 3.07. The van der Waals surface area contributed by atoms with Crippen molar-refractivity contribution >= 4 is 34.8 Å². The molecule has 0 aliphatic heterocycles. The monoisotopic (exact) mass is 430 g/mol. The Morgan fingerprint density at radius 1 is 1.14 bits per heavy atom. The highest BCUT2D eigenvalue weighted by Crippen LogP contribution is 2.49. The van der Waals surface area contributed by atoms with Crippen LogP contribution in [-0.4, -0.2) is 19.0 Å². The molecule has 2 aromatic carbocycles. The predicted octanol–water partition coefficient (Wildman–Crippen LogP) is 5.65. The zero-order chi connectivity index (χ0) is 21.2. The van der Waals surface area contributed by atoms with Crippen LogP contribution >= 0.6 is 18.9 Å². The van der Waals surface area contributed by atoms with Gasteiger partial charge in [-0.05, 0) is 68.0 Å². The number of para-hydroxylation sites is 1. The van der Waals surface area contributed by atoms with E-state index in [2.05, 4.69) is 10.4 Å². The van der Waals surface area contributed by atoms with Gasteiger partial charge in [-0.1, -0.05) is 24.3 Å². The highest BCUT2D eigenvalue weighted by molar-refractivity contribution is 7.56. The molecule has 0 spiro atoms. The summed E-state index contributed by atoms with van der Waals surface area (Å²) in [7, 11) is -1.57. The maximum atomic E-state index is 13.8. The SMILES string of the molecule is CNC(=O)c1cc2cc(CP(=O)(NC(C)C)Oc3c(C)cccc3C)ccc2s1. The van der Waals surface area contributed by atoms with E-state index in [0.29, 0.717) is 10.6 Å². The first kappa shape index (κ1) is 21.6. The number of nitrogens with one attached hydrogen (secondary N) is 2. The zero-order valence-corrected chi connectivity index (χ0v) is 19.1. The Hall–Kier alpha value is -2.14. The number of benzene rings is 2. The summed E-state index contributed by atoms with van der Waals surface area (Å²) < 4.78 is 20.9. The molecule has 2 N–H and O–H groups in total. The van der Waals surface area contributed by atoms with Crippen LogP contribution in [0.2, 0.25) is 0 Å². The lowest BCUT2D eigenvalue weighted by Crippen LogP contribution is -2.23. The summed E-state index contributed by atoms with van der Waals surface area (Å²) in [6.07, 6.45) is 0.264. The molecule has 29 heavy (non-hydrogen) atoms. The molecule has 0 bridgehead atoms. The maximum Gasteiger partial charge on any atom is 0.321 e. The molecule has 0 saturated carbocycles. The summed E-state index contributed by atoms with van der Waals surface area (Å²) in [5.74, 6) is 0.570. The van der Waals surface area contributed by atoms with E-state index in [1.54, 1.807) is 7.05 Å². The Kier molecular flexibility index (Phi) is 6.47. The fraction of sp³-hybridized carbons (Fsp3) is 0.318. The van der Waals surface area contributed by atoms with E-state index < -0.39 is 7.52 Å². The van der Waals surface area contributed by atoms with Crippen molar-refractivity contribution in [2.75, 3.05) is 7.05 Å². The lowest BCUT2D eigenvalue weighted by atomic mass is 10.1. The topological polar surface area (TPSA) is 67.4 Å². The summed E-state index contributed by atoms with van der Waals surface area (Å²) in [5, 5.41) is 6.78. The number of aryl methyl sites for hydroxylation is 2. The third kappa shape index (κ3) is 5.08. The van der Waals surface area contributed by atoms with Crippen molar-refractivity contribution in [1.82, 2.24) is 10.4 Å².